The molecule has 104 valence electrons. The van der Waals surface area contributed by atoms with E-state index in [4.69, 9.17) is 4.74 Å². The first-order valence-electron chi connectivity index (χ1n) is 6.83. The zero-order valence-corrected chi connectivity index (χ0v) is 12.8. The van der Waals surface area contributed by atoms with Gasteiger partial charge in [-0.25, -0.2) is 8.42 Å². The maximum absolute atomic E-state index is 12.8. The molecule has 4 nitrogen and oxygen atoms in total. The SMILES string of the molecule is O=S(=O)(C1CCOCC1)N1C2CCC1CC(Br)C2. The second kappa shape index (κ2) is 5.04. The molecular weight excluding hydrogens is 318 g/mol. The van der Waals surface area contributed by atoms with Gasteiger partial charge in [-0.1, -0.05) is 15.9 Å². The number of sulfonamides is 1. The van der Waals surface area contributed by atoms with Gasteiger partial charge in [-0.15, -0.1) is 0 Å². The molecule has 0 aromatic carbocycles. The third-order valence-corrected chi connectivity index (χ3v) is 7.74. The number of piperidine rings is 1. The van der Waals surface area contributed by atoms with Crippen molar-refractivity contribution in [1.29, 1.82) is 0 Å². The fourth-order valence-electron chi connectivity index (χ4n) is 3.63. The monoisotopic (exact) mass is 337 g/mol. The Kier molecular flexibility index (Phi) is 3.73. The van der Waals surface area contributed by atoms with Gasteiger partial charge in [-0.3, -0.25) is 0 Å². The Bertz CT molecular complexity index is 394. The average Bonchev–Trinajstić information content (AvgIpc) is 2.64. The first-order valence-corrected chi connectivity index (χ1v) is 9.25. The standard InChI is InChI=1S/C12H20BrNO3S/c13-9-7-10-1-2-11(8-9)14(10)18(15,16)12-3-5-17-6-4-12/h9-12H,1-8H2. The average molecular weight is 338 g/mol. The van der Waals surface area contributed by atoms with Gasteiger partial charge >= 0.3 is 0 Å². The van der Waals surface area contributed by atoms with Crippen LogP contribution in [-0.2, 0) is 14.8 Å². The minimum absolute atomic E-state index is 0.207. The summed E-state index contributed by atoms with van der Waals surface area (Å²) in [7, 11) is -3.11. The number of halogens is 1. The highest BCUT2D eigenvalue weighted by molar-refractivity contribution is 9.09. The molecule has 2 bridgehead atoms. The first-order chi connectivity index (χ1) is 8.59. The summed E-state index contributed by atoms with van der Waals surface area (Å²) in [6, 6.07) is 0.474. The summed E-state index contributed by atoms with van der Waals surface area (Å²) in [5.74, 6) is 0. The minimum Gasteiger partial charge on any atom is -0.381 e. The van der Waals surface area contributed by atoms with Crippen molar-refractivity contribution in [3.8, 4) is 0 Å². The van der Waals surface area contributed by atoms with Crippen LogP contribution in [0.15, 0.2) is 0 Å². The molecule has 3 aliphatic heterocycles. The summed E-state index contributed by atoms with van der Waals surface area (Å²) in [4.78, 5) is 0.496. The van der Waals surface area contributed by atoms with Gasteiger partial charge in [0.1, 0.15) is 0 Å². The normalized spacial score (nSPS) is 39.1. The number of rotatable bonds is 2. The maximum Gasteiger partial charge on any atom is 0.217 e. The Morgan fingerprint density at radius 2 is 1.56 bits per heavy atom. The summed E-state index contributed by atoms with van der Waals surface area (Å²) >= 11 is 3.66. The molecule has 18 heavy (non-hydrogen) atoms. The van der Waals surface area contributed by atoms with Crippen molar-refractivity contribution in [2.75, 3.05) is 13.2 Å². The summed E-state index contributed by atoms with van der Waals surface area (Å²) in [6.45, 7) is 1.18. The molecule has 0 aromatic rings. The molecule has 2 unspecified atom stereocenters. The molecule has 2 atom stereocenters. The predicted molar refractivity (Wildman–Crippen MR) is 73.4 cm³/mol. The number of hydrogen-bond acceptors (Lipinski definition) is 3. The van der Waals surface area contributed by atoms with E-state index in [0.29, 0.717) is 30.9 Å². The van der Waals surface area contributed by atoms with E-state index < -0.39 is 10.0 Å². The smallest absolute Gasteiger partial charge is 0.217 e. The fraction of sp³-hybridized carbons (Fsp3) is 1.00. The van der Waals surface area contributed by atoms with Gasteiger partial charge in [0, 0.05) is 30.1 Å². The summed E-state index contributed by atoms with van der Waals surface area (Å²) in [6.07, 6.45) is 5.34. The lowest BCUT2D eigenvalue weighted by Gasteiger charge is -2.39. The Morgan fingerprint density at radius 1 is 1.00 bits per heavy atom. The van der Waals surface area contributed by atoms with Gasteiger partial charge in [-0.2, -0.15) is 4.31 Å². The van der Waals surface area contributed by atoms with E-state index in [0.717, 1.165) is 25.7 Å². The lowest BCUT2D eigenvalue weighted by atomic mass is 10.1. The van der Waals surface area contributed by atoms with E-state index in [-0.39, 0.29) is 17.3 Å². The Hall–Kier alpha value is 0.350. The van der Waals surface area contributed by atoms with Crippen molar-refractivity contribution < 1.29 is 13.2 Å². The summed E-state index contributed by atoms with van der Waals surface area (Å²) in [5.41, 5.74) is 0. The lowest BCUT2D eigenvalue weighted by Crippen LogP contribution is -2.51. The maximum atomic E-state index is 12.8. The molecule has 3 saturated heterocycles. The molecule has 3 rings (SSSR count). The van der Waals surface area contributed by atoms with Crippen LogP contribution in [-0.4, -0.2) is 48.1 Å². The van der Waals surface area contributed by atoms with Gasteiger partial charge in [0.05, 0.1) is 5.25 Å². The largest absolute Gasteiger partial charge is 0.381 e. The molecule has 0 amide bonds. The van der Waals surface area contributed by atoms with E-state index >= 15 is 0 Å². The number of hydrogen-bond donors (Lipinski definition) is 0. The highest BCUT2D eigenvalue weighted by atomic mass is 79.9. The third kappa shape index (κ3) is 2.25. The van der Waals surface area contributed by atoms with Crippen LogP contribution in [0, 0.1) is 0 Å². The van der Waals surface area contributed by atoms with Crippen LogP contribution in [0.5, 0.6) is 0 Å². The number of ether oxygens (including phenoxy) is 1. The van der Waals surface area contributed by atoms with Crippen LogP contribution in [0.25, 0.3) is 0 Å². The van der Waals surface area contributed by atoms with Gasteiger partial charge in [0.15, 0.2) is 0 Å². The highest BCUT2D eigenvalue weighted by Gasteiger charge is 2.48. The van der Waals surface area contributed by atoms with Crippen LogP contribution in [0.4, 0.5) is 0 Å². The second-order valence-electron chi connectivity index (χ2n) is 5.64. The number of fused-ring (bicyclic) bond motifs is 2. The molecular formula is C12H20BrNO3S. The third-order valence-electron chi connectivity index (χ3n) is 4.49. The number of alkyl halides is 1. The molecule has 3 fully saturated rings. The van der Waals surface area contributed by atoms with Crippen LogP contribution >= 0.6 is 15.9 Å². The zero-order valence-electron chi connectivity index (χ0n) is 10.4. The Labute approximate surface area is 117 Å². The zero-order chi connectivity index (χ0) is 12.8. The van der Waals surface area contributed by atoms with Crippen molar-refractivity contribution in [3.05, 3.63) is 0 Å². The van der Waals surface area contributed by atoms with E-state index in [1.54, 1.807) is 0 Å². The van der Waals surface area contributed by atoms with Crippen molar-refractivity contribution in [1.82, 2.24) is 4.31 Å². The van der Waals surface area contributed by atoms with E-state index in [9.17, 15) is 8.42 Å². The molecule has 6 heteroatoms. The van der Waals surface area contributed by atoms with E-state index in [1.807, 2.05) is 4.31 Å². The van der Waals surface area contributed by atoms with Crippen LogP contribution in [0.2, 0.25) is 0 Å². The Morgan fingerprint density at radius 3 is 2.11 bits per heavy atom. The molecule has 3 heterocycles. The fourth-order valence-corrected chi connectivity index (χ4v) is 6.84. The van der Waals surface area contributed by atoms with Crippen LogP contribution in [0.1, 0.15) is 38.5 Å². The van der Waals surface area contributed by atoms with E-state index in [2.05, 4.69) is 15.9 Å². The summed E-state index contributed by atoms with van der Waals surface area (Å²) < 4.78 is 32.7. The van der Waals surface area contributed by atoms with Crippen LogP contribution in [0.3, 0.4) is 0 Å². The van der Waals surface area contributed by atoms with Crippen molar-refractivity contribution in [2.45, 2.75) is 60.7 Å². The quantitative estimate of drug-likeness (QED) is 0.723. The Balaban J connectivity index is 1.81. The molecule has 0 aliphatic carbocycles. The van der Waals surface area contributed by atoms with Gasteiger partial charge in [0.25, 0.3) is 0 Å². The molecule has 3 aliphatic rings. The molecule has 0 aromatic heterocycles. The predicted octanol–water partition coefficient (Wildman–Crippen LogP) is 1.89. The highest BCUT2D eigenvalue weighted by Crippen LogP contribution is 2.41. The molecule has 0 radical (unpaired) electrons. The van der Waals surface area contributed by atoms with Crippen molar-refractivity contribution in [2.24, 2.45) is 0 Å². The number of nitrogens with zero attached hydrogens (tertiary/aromatic N) is 1. The first kappa shape index (κ1) is 13.3. The van der Waals surface area contributed by atoms with Crippen molar-refractivity contribution in [3.63, 3.8) is 0 Å². The second-order valence-corrected chi connectivity index (χ2v) is 9.05. The topological polar surface area (TPSA) is 46.6 Å². The van der Waals surface area contributed by atoms with Crippen LogP contribution < -0.4 is 0 Å². The molecule has 0 N–H and O–H groups in total. The van der Waals surface area contributed by atoms with Gasteiger partial charge in [-0.05, 0) is 38.5 Å². The van der Waals surface area contributed by atoms with Crippen molar-refractivity contribution >= 4 is 26.0 Å². The van der Waals surface area contributed by atoms with E-state index in [1.165, 1.54) is 0 Å². The molecule has 0 spiro atoms. The lowest BCUT2D eigenvalue weighted by molar-refractivity contribution is 0.0962. The minimum atomic E-state index is -3.11. The summed E-state index contributed by atoms with van der Waals surface area (Å²) in [5, 5.41) is -0.207. The van der Waals surface area contributed by atoms with Gasteiger partial charge < -0.3 is 4.74 Å². The molecule has 0 saturated carbocycles. The van der Waals surface area contributed by atoms with Gasteiger partial charge in [0.2, 0.25) is 10.0 Å².